The summed E-state index contributed by atoms with van der Waals surface area (Å²) in [4.78, 5) is 16.3. The van der Waals surface area contributed by atoms with Gasteiger partial charge in [-0.3, -0.25) is 4.79 Å². The van der Waals surface area contributed by atoms with Crippen LogP contribution >= 0.6 is 0 Å². The molecule has 4 nitrogen and oxygen atoms in total. The molecule has 1 aromatic heterocycles. The first-order chi connectivity index (χ1) is 9.99. The monoisotopic (exact) mass is 287 g/mol. The number of imidazole rings is 1. The summed E-state index contributed by atoms with van der Waals surface area (Å²) in [6.07, 6.45) is 0.764. The van der Waals surface area contributed by atoms with Crippen molar-refractivity contribution in [3.05, 3.63) is 30.1 Å². The van der Waals surface area contributed by atoms with Crippen LogP contribution in [0.2, 0.25) is 0 Å². The highest BCUT2D eigenvalue weighted by atomic mass is 16.1. The number of benzene rings is 1. The zero-order chi connectivity index (χ0) is 15.4. The van der Waals surface area contributed by atoms with Gasteiger partial charge in [-0.1, -0.05) is 39.8 Å². The van der Waals surface area contributed by atoms with Gasteiger partial charge in [0, 0.05) is 25.4 Å². The van der Waals surface area contributed by atoms with Crippen LogP contribution in [-0.4, -0.2) is 22.0 Å². The number of nitrogens with zero attached hydrogens (tertiary/aromatic N) is 2. The third-order valence-electron chi connectivity index (χ3n) is 3.45. The minimum Gasteiger partial charge on any atom is -0.355 e. The van der Waals surface area contributed by atoms with Gasteiger partial charge in [-0.2, -0.15) is 0 Å². The van der Waals surface area contributed by atoms with Gasteiger partial charge in [-0.15, -0.1) is 0 Å². The molecular formula is C17H25N3O. The van der Waals surface area contributed by atoms with Gasteiger partial charge in [0.25, 0.3) is 0 Å². The second-order valence-corrected chi connectivity index (χ2v) is 6.22. The second kappa shape index (κ2) is 6.74. The summed E-state index contributed by atoms with van der Waals surface area (Å²) in [6, 6.07) is 8.22. The van der Waals surface area contributed by atoms with Crippen LogP contribution in [0.5, 0.6) is 0 Å². The Morgan fingerprint density at radius 1 is 1.24 bits per heavy atom. The summed E-state index contributed by atoms with van der Waals surface area (Å²) in [7, 11) is 0. The van der Waals surface area contributed by atoms with E-state index in [1.165, 1.54) is 5.52 Å². The maximum Gasteiger partial charge on any atom is 0.222 e. The topological polar surface area (TPSA) is 46.9 Å². The van der Waals surface area contributed by atoms with Crippen LogP contribution in [-0.2, 0) is 17.8 Å². The molecule has 0 bridgehead atoms. The van der Waals surface area contributed by atoms with Gasteiger partial charge in [-0.05, 0) is 18.1 Å². The summed E-state index contributed by atoms with van der Waals surface area (Å²) < 4.78 is 2.28. The molecule has 0 saturated heterocycles. The lowest BCUT2D eigenvalue weighted by Crippen LogP contribution is -2.30. The summed E-state index contributed by atoms with van der Waals surface area (Å²) in [5.74, 6) is 1.74. The van der Waals surface area contributed by atoms with Crippen molar-refractivity contribution in [2.75, 3.05) is 6.54 Å². The van der Waals surface area contributed by atoms with Crippen molar-refractivity contribution < 1.29 is 4.79 Å². The van der Waals surface area contributed by atoms with E-state index in [4.69, 9.17) is 4.98 Å². The van der Waals surface area contributed by atoms with E-state index in [2.05, 4.69) is 29.8 Å². The van der Waals surface area contributed by atoms with Gasteiger partial charge in [0.1, 0.15) is 5.82 Å². The molecule has 2 rings (SSSR count). The van der Waals surface area contributed by atoms with Crippen LogP contribution in [0.25, 0.3) is 11.0 Å². The number of fused-ring (bicyclic) bond motifs is 1. The number of aromatic nitrogens is 2. The molecule has 0 aliphatic carbocycles. The molecule has 0 aliphatic rings. The predicted octanol–water partition coefficient (Wildman–Crippen LogP) is 3.01. The SMILES string of the molecule is CC(C)Cn1c(CCNC(=O)C(C)C)nc2ccccc21. The fraction of sp³-hybridized carbons (Fsp3) is 0.529. The summed E-state index contributed by atoms with van der Waals surface area (Å²) in [6.45, 7) is 9.82. The van der Waals surface area contributed by atoms with Gasteiger partial charge in [0.05, 0.1) is 11.0 Å². The van der Waals surface area contributed by atoms with Crippen molar-refractivity contribution >= 4 is 16.9 Å². The predicted molar refractivity (Wildman–Crippen MR) is 86.1 cm³/mol. The molecule has 0 atom stereocenters. The molecule has 4 heteroatoms. The lowest BCUT2D eigenvalue weighted by molar-refractivity contribution is -0.123. The Morgan fingerprint density at radius 3 is 2.62 bits per heavy atom. The Labute approximate surface area is 126 Å². The molecule has 1 aromatic carbocycles. The molecule has 2 aromatic rings. The molecular weight excluding hydrogens is 262 g/mol. The minimum atomic E-state index is 0.0273. The average molecular weight is 287 g/mol. The average Bonchev–Trinajstić information content (AvgIpc) is 2.76. The highest BCUT2D eigenvalue weighted by molar-refractivity contribution is 5.78. The van der Waals surface area contributed by atoms with E-state index < -0.39 is 0 Å². The second-order valence-electron chi connectivity index (χ2n) is 6.22. The number of carbonyl (C=O) groups is 1. The van der Waals surface area contributed by atoms with Gasteiger partial charge >= 0.3 is 0 Å². The number of carbonyl (C=O) groups excluding carboxylic acids is 1. The standard InChI is InChI=1S/C17H25N3O/c1-12(2)11-20-15-8-6-5-7-14(15)19-16(20)9-10-18-17(21)13(3)4/h5-8,12-13H,9-11H2,1-4H3,(H,18,21). The van der Waals surface area contributed by atoms with E-state index in [0.717, 1.165) is 24.3 Å². The molecule has 1 amide bonds. The first-order valence-corrected chi connectivity index (χ1v) is 7.71. The van der Waals surface area contributed by atoms with Crippen LogP contribution in [0.1, 0.15) is 33.5 Å². The molecule has 114 valence electrons. The number of para-hydroxylation sites is 2. The van der Waals surface area contributed by atoms with Gasteiger partial charge in [0.2, 0.25) is 5.91 Å². The summed E-state index contributed by atoms with van der Waals surface area (Å²) in [5.41, 5.74) is 2.21. The largest absolute Gasteiger partial charge is 0.355 e. The van der Waals surface area contributed by atoms with Gasteiger partial charge in [0.15, 0.2) is 0 Å². The van der Waals surface area contributed by atoms with E-state index >= 15 is 0 Å². The number of amides is 1. The lowest BCUT2D eigenvalue weighted by Gasteiger charge is -2.12. The highest BCUT2D eigenvalue weighted by Gasteiger charge is 2.12. The van der Waals surface area contributed by atoms with Crippen molar-refractivity contribution in [2.45, 2.75) is 40.7 Å². The summed E-state index contributed by atoms with van der Waals surface area (Å²) in [5, 5.41) is 2.96. The molecule has 0 fully saturated rings. The highest BCUT2D eigenvalue weighted by Crippen LogP contribution is 2.18. The van der Waals surface area contributed by atoms with E-state index in [0.29, 0.717) is 12.5 Å². The smallest absolute Gasteiger partial charge is 0.222 e. The normalized spacial score (nSPS) is 11.5. The van der Waals surface area contributed by atoms with E-state index in [1.807, 2.05) is 32.0 Å². The van der Waals surface area contributed by atoms with Crippen molar-refractivity contribution in [1.29, 1.82) is 0 Å². The van der Waals surface area contributed by atoms with E-state index in [1.54, 1.807) is 0 Å². The number of rotatable bonds is 6. The first kappa shape index (κ1) is 15.5. The van der Waals surface area contributed by atoms with Crippen molar-refractivity contribution in [2.24, 2.45) is 11.8 Å². The van der Waals surface area contributed by atoms with E-state index in [9.17, 15) is 4.79 Å². The summed E-state index contributed by atoms with van der Waals surface area (Å²) >= 11 is 0. The van der Waals surface area contributed by atoms with Crippen LogP contribution in [0.4, 0.5) is 0 Å². The number of nitrogens with one attached hydrogen (secondary N) is 1. The van der Waals surface area contributed by atoms with Crippen LogP contribution in [0, 0.1) is 11.8 Å². The zero-order valence-electron chi connectivity index (χ0n) is 13.4. The molecule has 0 radical (unpaired) electrons. The minimum absolute atomic E-state index is 0.0273. The zero-order valence-corrected chi connectivity index (χ0v) is 13.4. The van der Waals surface area contributed by atoms with Gasteiger partial charge in [-0.25, -0.2) is 4.98 Å². The number of hydrogen-bond acceptors (Lipinski definition) is 2. The Bertz CT molecular complexity index is 614. The number of hydrogen-bond donors (Lipinski definition) is 1. The fourth-order valence-corrected chi connectivity index (χ4v) is 2.39. The molecule has 21 heavy (non-hydrogen) atoms. The Morgan fingerprint density at radius 2 is 1.95 bits per heavy atom. The molecule has 0 unspecified atom stereocenters. The van der Waals surface area contributed by atoms with Crippen molar-refractivity contribution in [3.63, 3.8) is 0 Å². The Hall–Kier alpha value is -1.84. The first-order valence-electron chi connectivity index (χ1n) is 7.71. The van der Waals surface area contributed by atoms with Crippen LogP contribution in [0.15, 0.2) is 24.3 Å². The maximum atomic E-state index is 11.6. The van der Waals surface area contributed by atoms with E-state index in [-0.39, 0.29) is 11.8 Å². The molecule has 0 saturated carbocycles. The third-order valence-corrected chi connectivity index (χ3v) is 3.45. The molecule has 0 aliphatic heterocycles. The lowest BCUT2D eigenvalue weighted by atomic mass is 10.2. The Balaban J connectivity index is 2.16. The maximum absolute atomic E-state index is 11.6. The third kappa shape index (κ3) is 3.84. The van der Waals surface area contributed by atoms with Crippen molar-refractivity contribution in [1.82, 2.24) is 14.9 Å². The molecule has 1 N–H and O–H groups in total. The van der Waals surface area contributed by atoms with Crippen LogP contribution in [0.3, 0.4) is 0 Å². The fourth-order valence-electron chi connectivity index (χ4n) is 2.39. The quantitative estimate of drug-likeness (QED) is 0.887. The van der Waals surface area contributed by atoms with Gasteiger partial charge < -0.3 is 9.88 Å². The molecule has 1 heterocycles. The van der Waals surface area contributed by atoms with Crippen LogP contribution < -0.4 is 5.32 Å². The molecule has 0 spiro atoms. The van der Waals surface area contributed by atoms with Crippen molar-refractivity contribution in [3.8, 4) is 0 Å². The Kier molecular flexibility index (Phi) is 4.99.